The number of carbonyl (C=O) groups excluding carboxylic acids is 4. The normalized spacial score (nSPS) is 19.1. The van der Waals surface area contributed by atoms with Gasteiger partial charge in [-0.2, -0.15) is 0 Å². The molecule has 2 aliphatic rings. The third kappa shape index (κ3) is 3.43. The van der Waals surface area contributed by atoms with E-state index < -0.39 is 30.3 Å². The van der Waals surface area contributed by atoms with Gasteiger partial charge in [0.15, 0.2) is 0 Å². The fraction of sp³-hybridized carbons (Fsp3) is 0.300. The molecule has 1 fully saturated rings. The maximum Gasteiger partial charge on any atom is 0.335 e. The minimum atomic E-state index is -0.958. The van der Waals surface area contributed by atoms with E-state index in [1.807, 2.05) is 29.6 Å². The number of hydrogen-bond donors (Lipinski definition) is 1. The summed E-state index contributed by atoms with van der Waals surface area (Å²) >= 11 is 1.39. The molecule has 1 aromatic heterocycles. The minimum Gasteiger partial charge on any atom is -0.348 e. The van der Waals surface area contributed by atoms with Crippen molar-refractivity contribution >= 4 is 35.1 Å². The monoisotopic (exact) mass is 397 g/mol. The van der Waals surface area contributed by atoms with E-state index in [0.717, 1.165) is 39.5 Å². The van der Waals surface area contributed by atoms with Crippen molar-refractivity contribution in [1.82, 2.24) is 15.1 Å². The molecular formula is C20H19N3O4S. The summed E-state index contributed by atoms with van der Waals surface area (Å²) < 4.78 is 0. The molecule has 5 amide bonds. The first-order valence-electron chi connectivity index (χ1n) is 9.11. The van der Waals surface area contributed by atoms with Crippen LogP contribution in [-0.4, -0.2) is 40.1 Å². The van der Waals surface area contributed by atoms with Crippen molar-refractivity contribution in [2.45, 2.75) is 31.8 Å². The van der Waals surface area contributed by atoms with Crippen molar-refractivity contribution in [3.05, 3.63) is 57.8 Å². The first-order valence-corrected chi connectivity index (χ1v) is 9.99. The maximum atomic E-state index is 12.5. The third-order valence-corrected chi connectivity index (χ3v) is 5.90. The zero-order valence-corrected chi connectivity index (χ0v) is 15.9. The van der Waals surface area contributed by atoms with Crippen molar-refractivity contribution in [3.8, 4) is 0 Å². The molecule has 0 radical (unpaired) electrons. The SMILES string of the molecule is O=C(CN1C(=O)C(=O)N(Cc2cccs2)C1=O)N[C@@H]1CCCc2ccccc21. The van der Waals surface area contributed by atoms with Crippen molar-refractivity contribution in [3.63, 3.8) is 0 Å². The molecule has 2 aromatic rings. The molecule has 8 heteroatoms. The Morgan fingerprint density at radius 1 is 1.07 bits per heavy atom. The van der Waals surface area contributed by atoms with E-state index in [2.05, 4.69) is 5.32 Å². The molecular weight excluding hydrogens is 378 g/mol. The van der Waals surface area contributed by atoms with Crippen LogP contribution < -0.4 is 5.32 Å². The quantitative estimate of drug-likeness (QED) is 0.619. The van der Waals surface area contributed by atoms with Gasteiger partial charge in [0.2, 0.25) is 5.91 Å². The molecule has 1 atom stereocenters. The lowest BCUT2D eigenvalue weighted by Crippen LogP contribution is -2.42. The van der Waals surface area contributed by atoms with Crippen LogP contribution in [0.4, 0.5) is 4.79 Å². The zero-order chi connectivity index (χ0) is 19.7. The standard InChI is InChI=1S/C20H19N3O4S/c24-17(21-16-9-3-6-13-5-1-2-8-15(13)16)12-23-19(26)18(25)22(20(23)27)11-14-7-4-10-28-14/h1-2,4-5,7-8,10,16H,3,6,9,11-12H2,(H,21,24)/t16-/m1/s1. The molecule has 1 aromatic carbocycles. The van der Waals surface area contributed by atoms with Crippen LogP contribution in [0.15, 0.2) is 41.8 Å². The molecule has 4 rings (SSSR count). The van der Waals surface area contributed by atoms with E-state index in [-0.39, 0.29) is 12.6 Å². The van der Waals surface area contributed by atoms with Crippen LogP contribution in [-0.2, 0) is 27.3 Å². The summed E-state index contributed by atoms with van der Waals surface area (Å²) in [5.41, 5.74) is 2.27. The summed E-state index contributed by atoms with van der Waals surface area (Å²) in [5, 5.41) is 4.73. The van der Waals surface area contributed by atoms with Gasteiger partial charge in [0, 0.05) is 4.88 Å². The smallest absolute Gasteiger partial charge is 0.335 e. The van der Waals surface area contributed by atoms with Crippen LogP contribution in [0, 0.1) is 0 Å². The fourth-order valence-electron chi connectivity index (χ4n) is 3.68. The molecule has 0 spiro atoms. The second-order valence-electron chi connectivity index (χ2n) is 6.86. The Morgan fingerprint density at radius 3 is 2.64 bits per heavy atom. The number of amides is 5. The van der Waals surface area contributed by atoms with Crippen LogP contribution in [0.3, 0.4) is 0 Å². The molecule has 144 valence electrons. The van der Waals surface area contributed by atoms with E-state index in [4.69, 9.17) is 0 Å². The summed E-state index contributed by atoms with van der Waals surface area (Å²) in [4.78, 5) is 51.8. The highest BCUT2D eigenvalue weighted by atomic mass is 32.1. The van der Waals surface area contributed by atoms with E-state index in [9.17, 15) is 19.2 Å². The lowest BCUT2D eigenvalue weighted by molar-refractivity contribution is -0.144. The molecule has 7 nitrogen and oxygen atoms in total. The average Bonchev–Trinajstić information content (AvgIpc) is 3.28. The number of thiophene rings is 1. The van der Waals surface area contributed by atoms with Crippen LogP contribution in [0.25, 0.3) is 0 Å². The van der Waals surface area contributed by atoms with Gasteiger partial charge in [-0.3, -0.25) is 19.3 Å². The van der Waals surface area contributed by atoms with Gasteiger partial charge in [0.1, 0.15) is 6.54 Å². The van der Waals surface area contributed by atoms with Gasteiger partial charge >= 0.3 is 17.8 Å². The van der Waals surface area contributed by atoms with Crippen LogP contribution in [0.2, 0.25) is 0 Å². The molecule has 1 aliphatic heterocycles. The number of nitrogens with zero attached hydrogens (tertiary/aromatic N) is 2. The molecule has 1 saturated heterocycles. The molecule has 28 heavy (non-hydrogen) atoms. The summed E-state index contributed by atoms with van der Waals surface area (Å²) in [6.07, 6.45) is 2.72. The Labute approximate surface area is 165 Å². The third-order valence-electron chi connectivity index (χ3n) is 5.04. The second-order valence-corrected chi connectivity index (χ2v) is 7.89. The van der Waals surface area contributed by atoms with Crippen molar-refractivity contribution < 1.29 is 19.2 Å². The number of nitrogens with one attached hydrogen (secondary N) is 1. The summed E-state index contributed by atoms with van der Waals surface area (Å²) in [7, 11) is 0. The minimum absolute atomic E-state index is 0.0369. The van der Waals surface area contributed by atoms with Gasteiger partial charge < -0.3 is 5.32 Å². The number of urea groups is 1. The number of rotatable bonds is 5. The summed E-state index contributed by atoms with van der Waals surface area (Å²) in [6.45, 7) is -0.418. The Bertz CT molecular complexity index is 941. The topological polar surface area (TPSA) is 86.8 Å². The highest BCUT2D eigenvalue weighted by Crippen LogP contribution is 2.29. The Hall–Kier alpha value is -3.00. The van der Waals surface area contributed by atoms with E-state index in [1.54, 1.807) is 12.1 Å². The Morgan fingerprint density at radius 2 is 1.86 bits per heavy atom. The van der Waals surface area contributed by atoms with Gasteiger partial charge in [0.25, 0.3) is 0 Å². The highest BCUT2D eigenvalue weighted by molar-refractivity contribution is 7.09. The first kappa shape index (κ1) is 18.4. The molecule has 0 saturated carbocycles. The number of fused-ring (bicyclic) bond motifs is 1. The van der Waals surface area contributed by atoms with Gasteiger partial charge in [-0.25, -0.2) is 9.69 Å². The Balaban J connectivity index is 1.43. The lowest BCUT2D eigenvalue weighted by Gasteiger charge is -2.27. The largest absolute Gasteiger partial charge is 0.348 e. The van der Waals surface area contributed by atoms with Crippen molar-refractivity contribution in [2.75, 3.05) is 6.54 Å². The number of carbonyl (C=O) groups is 4. The van der Waals surface area contributed by atoms with Crippen molar-refractivity contribution in [1.29, 1.82) is 0 Å². The average molecular weight is 397 g/mol. The molecule has 1 aliphatic carbocycles. The van der Waals surface area contributed by atoms with Gasteiger partial charge in [0.05, 0.1) is 12.6 Å². The predicted molar refractivity (Wildman–Crippen MR) is 102 cm³/mol. The molecule has 1 N–H and O–H groups in total. The molecule has 2 heterocycles. The van der Waals surface area contributed by atoms with Crippen molar-refractivity contribution in [2.24, 2.45) is 0 Å². The molecule has 0 unspecified atom stereocenters. The van der Waals surface area contributed by atoms with Crippen LogP contribution >= 0.6 is 11.3 Å². The van der Waals surface area contributed by atoms with Gasteiger partial charge in [-0.15, -0.1) is 11.3 Å². The second kappa shape index (κ2) is 7.55. The lowest BCUT2D eigenvalue weighted by atomic mass is 9.88. The Kier molecular flexibility index (Phi) is 4.95. The van der Waals surface area contributed by atoms with E-state index in [1.165, 1.54) is 16.9 Å². The molecule has 0 bridgehead atoms. The summed E-state index contributed by atoms with van der Waals surface area (Å²) in [5.74, 6) is -2.30. The number of aryl methyl sites for hydroxylation is 1. The van der Waals surface area contributed by atoms with Gasteiger partial charge in [-0.1, -0.05) is 30.3 Å². The highest BCUT2D eigenvalue weighted by Gasteiger charge is 2.45. The fourth-order valence-corrected chi connectivity index (χ4v) is 4.37. The summed E-state index contributed by atoms with van der Waals surface area (Å²) in [6, 6.07) is 10.6. The van der Waals surface area contributed by atoms with E-state index >= 15 is 0 Å². The van der Waals surface area contributed by atoms with E-state index in [0.29, 0.717) is 0 Å². The zero-order valence-electron chi connectivity index (χ0n) is 15.1. The number of imide groups is 2. The number of hydrogen-bond acceptors (Lipinski definition) is 5. The van der Waals surface area contributed by atoms with Gasteiger partial charge in [-0.05, 0) is 41.8 Å². The van der Waals surface area contributed by atoms with Crippen LogP contribution in [0.1, 0.15) is 34.9 Å². The maximum absolute atomic E-state index is 12.5. The van der Waals surface area contributed by atoms with Crippen LogP contribution in [0.5, 0.6) is 0 Å². The first-order chi connectivity index (χ1) is 13.5. The number of benzene rings is 1. The predicted octanol–water partition coefficient (Wildman–Crippen LogP) is 2.23.